The topological polar surface area (TPSA) is 99.7 Å². The van der Waals surface area contributed by atoms with E-state index in [-0.39, 0.29) is 23.6 Å². The van der Waals surface area contributed by atoms with E-state index in [4.69, 9.17) is 9.15 Å². The highest BCUT2D eigenvalue weighted by Crippen LogP contribution is 2.24. The Hall–Kier alpha value is -3.48. The first-order chi connectivity index (χ1) is 13.5. The molecule has 0 fully saturated rings. The lowest BCUT2D eigenvalue weighted by Gasteiger charge is -2.08. The Morgan fingerprint density at radius 1 is 1.18 bits per heavy atom. The predicted octanol–water partition coefficient (Wildman–Crippen LogP) is 4.31. The van der Waals surface area contributed by atoms with E-state index >= 15 is 0 Å². The SMILES string of the molecule is CCCCc1cc(=O)oc2cc(OCC(=O)c3cccc([N+](=O)[O-])c3)ccc12. The van der Waals surface area contributed by atoms with E-state index in [0.717, 1.165) is 30.2 Å². The van der Waals surface area contributed by atoms with Crippen molar-refractivity contribution >= 4 is 22.4 Å². The molecule has 7 nitrogen and oxygen atoms in total. The second kappa shape index (κ2) is 8.47. The molecule has 0 radical (unpaired) electrons. The minimum Gasteiger partial charge on any atom is -0.485 e. The van der Waals surface area contributed by atoms with Gasteiger partial charge in [0.15, 0.2) is 12.4 Å². The predicted molar refractivity (Wildman–Crippen MR) is 104 cm³/mol. The third kappa shape index (κ3) is 4.43. The number of aryl methyl sites for hydroxylation is 1. The highest BCUT2D eigenvalue weighted by Gasteiger charge is 2.13. The van der Waals surface area contributed by atoms with Crippen molar-refractivity contribution in [1.29, 1.82) is 0 Å². The second-order valence-corrected chi connectivity index (χ2v) is 6.37. The van der Waals surface area contributed by atoms with E-state index < -0.39 is 10.5 Å². The van der Waals surface area contributed by atoms with Gasteiger partial charge >= 0.3 is 5.63 Å². The molecule has 0 atom stereocenters. The van der Waals surface area contributed by atoms with Crippen LogP contribution in [0.5, 0.6) is 5.75 Å². The molecule has 3 aromatic rings. The third-order valence-electron chi connectivity index (χ3n) is 4.35. The summed E-state index contributed by atoms with van der Waals surface area (Å²) in [4.78, 5) is 34.3. The van der Waals surface area contributed by atoms with E-state index in [1.54, 1.807) is 18.2 Å². The average molecular weight is 381 g/mol. The first-order valence-corrected chi connectivity index (χ1v) is 8.95. The molecule has 0 saturated heterocycles. The number of unbranched alkanes of at least 4 members (excludes halogenated alkanes) is 1. The summed E-state index contributed by atoms with van der Waals surface area (Å²) in [7, 11) is 0. The number of carbonyl (C=O) groups excluding carboxylic acids is 1. The van der Waals surface area contributed by atoms with Crippen LogP contribution in [0.1, 0.15) is 35.7 Å². The van der Waals surface area contributed by atoms with Gasteiger partial charge in [0.2, 0.25) is 0 Å². The van der Waals surface area contributed by atoms with Gasteiger partial charge in [0.05, 0.1) is 4.92 Å². The van der Waals surface area contributed by atoms with Crippen LogP contribution in [0.15, 0.2) is 57.7 Å². The monoisotopic (exact) mass is 381 g/mol. The number of ether oxygens (including phenoxy) is 1. The number of hydrogen-bond donors (Lipinski definition) is 0. The zero-order chi connectivity index (χ0) is 20.1. The molecule has 0 N–H and O–H groups in total. The van der Waals surface area contributed by atoms with Crippen molar-refractivity contribution in [2.75, 3.05) is 6.61 Å². The van der Waals surface area contributed by atoms with Crippen LogP contribution < -0.4 is 10.4 Å². The standard InChI is InChI=1S/C21H19NO6/c1-2-3-5-14-11-21(24)28-20-12-17(8-9-18(14)20)27-13-19(23)15-6-4-7-16(10-15)22(25)26/h4,6-12H,2-3,5,13H2,1H3. The van der Waals surface area contributed by atoms with Crippen LogP contribution in [0.4, 0.5) is 5.69 Å². The van der Waals surface area contributed by atoms with Gasteiger partial charge in [-0.2, -0.15) is 0 Å². The summed E-state index contributed by atoms with van der Waals surface area (Å²) in [5.74, 6) is -0.0102. The van der Waals surface area contributed by atoms with Crippen molar-refractivity contribution in [2.45, 2.75) is 26.2 Å². The maximum Gasteiger partial charge on any atom is 0.336 e. The summed E-state index contributed by atoms with van der Waals surface area (Å²) < 4.78 is 10.8. The van der Waals surface area contributed by atoms with E-state index in [9.17, 15) is 19.7 Å². The first kappa shape index (κ1) is 19.3. The Morgan fingerprint density at radius 2 is 2.00 bits per heavy atom. The molecule has 2 aromatic carbocycles. The fourth-order valence-electron chi connectivity index (χ4n) is 2.90. The number of hydrogen-bond acceptors (Lipinski definition) is 6. The third-order valence-corrected chi connectivity index (χ3v) is 4.35. The molecule has 0 amide bonds. The number of nitrogens with zero attached hydrogens (tertiary/aromatic N) is 1. The summed E-state index contributed by atoms with van der Waals surface area (Å²) in [6, 6.07) is 12.1. The van der Waals surface area contributed by atoms with E-state index in [2.05, 4.69) is 6.92 Å². The largest absolute Gasteiger partial charge is 0.485 e. The van der Waals surface area contributed by atoms with Crippen molar-refractivity contribution in [1.82, 2.24) is 0 Å². The van der Waals surface area contributed by atoms with Gasteiger partial charge in [-0.15, -0.1) is 0 Å². The zero-order valence-electron chi connectivity index (χ0n) is 15.3. The summed E-state index contributed by atoms with van der Waals surface area (Å²) >= 11 is 0. The second-order valence-electron chi connectivity index (χ2n) is 6.37. The molecule has 144 valence electrons. The molecule has 0 saturated carbocycles. The van der Waals surface area contributed by atoms with Gasteiger partial charge in [-0.1, -0.05) is 25.5 Å². The normalized spacial score (nSPS) is 10.8. The molecular weight excluding hydrogens is 362 g/mol. The number of Topliss-reactive ketones (excluding diaryl/α,β-unsaturated/α-hetero) is 1. The van der Waals surface area contributed by atoms with Crippen LogP contribution >= 0.6 is 0 Å². The zero-order valence-corrected chi connectivity index (χ0v) is 15.3. The molecule has 7 heteroatoms. The molecule has 0 unspecified atom stereocenters. The molecule has 0 spiro atoms. The van der Waals surface area contributed by atoms with Gasteiger partial charge in [-0.05, 0) is 30.5 Å². The lowest BCUT2D eigenvalue weighted by molar-refractivity contribution is -0.384. The summed E-state index contributed by atoms with van der Waals surface area (Å²) in [5.41, 5.74) is 0.941. The Labute approximate surface area is 160 Å². The number of non-ortho nitro benzene ring substituents is 1. The van der Waals surface area contributed by atoms with Gasteiger partial charge in [-0.3, -0.25) is 14.9 Å². The molecule has 1 aromatic heterocycles. The number of nitro benzene ring substituents is 1. The highest BCUT2D eigenvalue weighted by atomic mass is 16.6. The van der Waals surface area contributed by atoms with Crippen molar-refractivity contribution in [3.63, 3.8) is 0 Å². The van der Waals surface area contributed by atoms with E-state index in [0.29, 0.717) is 11.3 Å². The van der Waals surface area contributed by atoms with Crippen molar-refractivity contribution in [3.05, 3.63) is 80.2 Å². The highest BCUT2D eigenvalue weighted by molar-refractivity contribution is 5.97. The fourth-order valence-corrected chi connectivity index (χ4v) is 2.90. The molecule has 3 rings (SSSR count). The average Bonchev–Trinajstić information content (AvgIpc) is 2.69. The summed E-state index contributed by atoms with van der Waals surface area (Å²) in [5, 5.41) is 11.7. The van der Waals surface area contributed by atoms with Gasteiger partial charge < -0.3 is 9.15 Å². The summed E-state index contributed by atoms with van der Waals surface area (Å²) in [6.45, 7) is 1.80. The Kier molecular flexibility index (Phi) is 5.84. The molecule has 0 aliphatic heterocycles. The minimum absolute atomic E-state index is 0.155. The Balaban J connectivity index is 1.77. The van der Waals surface area contributed by atoms with Gasteiger partial charge in [0.25, 0.3) is 5.69 Å². The Morgan fingerprint density at radius 3 is 2.75 bits per heavy atom. The quantitative estimate of drug-likeness (QED) is 0.249. The minimum atomic E-state index is -0.556. The van der Waals surface area contributed by atoms with Crippen LogP contribution in [0.2, 0.25) is 0 Å². The molecule has 0 bridgehead atoms. The van der Waals surface area contributed by atoms with Crippen molar-refractivity contribution in [3.8, 4) is 5.75 Å². The van der Waals surface area contributed by atoms with Crippen LogP contribution in [-0.4, -0.2) is 17.3 Å². The maximum absolute atomic E-state index is 12.3. The van der Waals surface area contributed by atoms with Crippen LogP contribution in [0.3, 0.4) is 0 Å². The van der Waals surface area contributed by atoms with Gasteiger partial charge in [0.1, 0.15) is 11.3 Å². The maximum atomic E-state index is 12.3. The number of rotatable bonds is 8. The van der Waals surface area contributed by atoms with Crippen LogP contribution in [-0.2, 0) is 6.42 Å². The number of carbonyl (C=O) groups is 1. The van der Waals surface area contributed by atoms with Crippen molar-refractivity contribution < 1.29 is 18.9 Å². The fraction of sp³-hybridized carbons (Fsp3) is 0.238. The molecule has 28 heavy (non-hydrogen) atoms. The number of fused-ring (bicyclic) bond motifs is 1. The molecule has 0 aliphatic carbocycles. The van der Waals surface area contributed by atoms with Gasteiger partial charge in [-0.25, -0.2) is 4.79 Å². The lowest BCUT2D eigenvalue weighted by Crippen LogP contribution is -2.12. The number of ketones is 1. The van der Waals surface area contributed by atoms with E-state index in [1.807, 2.05) is 0 Å². The first-order valence-electron chi connectivity index (χ1n) is 8.95. The number of benzene rings is 2. The van der Waals surface area contributed by atoms with Crippen molar-refractivity contribution in [2.24, 2.45) is 0 Å². The molecule has 1 heterocycles. The smallest absolute Gasteiger partial charge is 0.336 e. The van der Waals surface area contributed by atoms with E-state index in [1.165, 1.54) is 30.3 Å². The van der Waals surface area contributed by atoms with Crippen LogP contribution in [0.25, 0.3) is 11.0 Å². The summed E-state index contributed by atoms with van der Waals surface area (Å²) in [6.07, 6.45) is 2.77. The van der Waals surface area contributed by atoms with Gasteiger partial charge in [0, 0.05) is 35.2 Å². The molecular formula is C21H19NO6. The lowest BCUT2D eigenvalue weighted by atomic mass is 10.0. The van der Waals surface area contributed by atoms with Crippen LogP contribution in [0, 0.1) is 10.1 Å². The Bertz CT molecular complexity index is 1090. The molecule has 0 aliphatic rings. The number of nitro groups is 1.